The van der Waals surface area contributed by atoms with Crippen molar-refractivity contribution >= 4 is 11.9 Å². The van der Waals surface area contributed by atoms with Gasteiger partial charge >= 0.3 is 0 Å². The van der Waals surface area contributed by atoms with Gasteiger partial charge in [0.25, 0.3) is 0 Å². The number of amides is 1. The maximum absolute atomic E-state index is 13.5. The van der Waals surface area contributed by atoms with Crippen molar-refractivity contribution in [3.8, 4) is 11.1 Å². The number of hydrogen-bond donors (Lipinski definition) is 1. The Labute approximate surface area is 188 Å². The monoisotopic (exact) mass is 432 g/mol. The van der Waals surface area contributed by atoms with Crippen molar-refractivity contribution in [2.24, 2.45) is 5.92 Å². The van der Waals surface area contributed by atoms with Crippen molar-refractivity contribution in [2.75, 3.05) is 18.0 Å². The topological polar surface area (TPSA) is 58.1 Å². The third-order valence-corrected chi connectivity index (χ3v) is 5.98. The predicted molar refractivity (Wildman–Crippen MR) is 125 cm³/mol. The van der Waals surface area contributed by atoms with E-state index in [9.17, 15) is 9.18 Å². The molecule has 0 aliphatic carbocycles. The quantitative estimate of drug-likeness (QED) is 0.600. The van der Waals surface area contributed by atoms with Crippen LogP contribution in [0.2, 0.25) is 0 Å². The van der Waals surface area contributed by atoms with Gasteiger partial charge in [0.2, 0.25) is 11.9 Å². The van der Waals surface area contributed by atoms with E-state index in [4.69, 9.17) is 0 Å². The first kappa shape index (κ1) is 21.9. The number of rotatable bonds is 6. The largest absolute Gasteiger partial charge is 0.352 e. The van der Waals surface area contributed by atoms with Crippen molar-refractivity contribution < 1.29 is 9.18 Å². The third kappa shape index (κ3) is 5.31. The summed E-state index contributed by atoms with van der Waals surface area (Å²) in [6.07, 6.45) is 5.19. The maximum Gasteiger partial charge on any atom is 0.225 e. The molecule has 1 N–H and O–H groups in total. The van der Waals surface area contributed by atoms with Crippen molar-refractivity contribution in [2.45, 2.75) is 39.2 Å². The average Bonchev–Trinajstić information content (AvgIpc) is 2.83. The Hall–Kier alpha value is -3.28. The Kier molecular flexibility index (Phi) is 6.78. The summed E-state index contributed by atoms with van der Waals surface area (Å²) < 4.78 is 13.5. The minimum Gasteiger partial charge on any atom is -0.352 e. The molecule has 2 aromatic carbocycles. The normalized spacial score (nSPS) is 16.2. The highest BCUT2D eigenvalue weighted by atomic mass is 19.1. The summed E-state index contributed by atoms with van der Waals surface area (Å²) in [7, 11) is 0. The molecule has 1 aliphatic heterocycles. The molecule has 0 bridgehead atoms. The van der Waals surface area contributed by atoms with Crippen LogP contribution in [0, 0.1) is 11.7 Å². The van der Waals surface area contributed by atoms with Gasteiger partial charge in [-0.3, -0.25) is 4.79 Å². The summed E-state index contributed by atoms with van der Waals surface area (Å²) in [5.74, 6) is 0.792. The second kappa shape index (κ2) is 9.90. The fourth-order valence-electron chi connectivity index (χ4n) is 4.03. The molecule has 1 aromatic heterocycles. The molecule has 1 atom stereocenters. The number of halogens is 1. The second-order valence-corrected chi connectivity index (χ2v) is 8.68. The molecule has 166 valence electrons. The molecular weight excluding hydrogens is 403 g/mol. The van der Waals surface area contributed by atoms with E-state index in [1.165, 1.54) is 17.7 Å². The molecule has 1 aliphatic rings. The molecule has 32 heavy (non-hydrogen) atoms. The first-order valence-electron chi connectivity index (χ1n) is 11.2. The van der Waals surface area contributed by atoms with Crippen LogP contribution in [-0.2, 0) is 11.3 Å². The highest BCUT2D eigenvalue weighted by Crippen LogP contribution is 2.23. The zero-order valence-electron chi connectivity index (χ0n) is 18.6. The second-order valence-electron chi connectivity index (χ2n) is 8.68. The van der Waals surface area contributed by atoms with E-state index in [-0.39, 0.29) is 17.6 Å². The molecule has 0 saturated carbocycles. The summed E-state index contributed by atoms with van der Waals surface area (Å²) in [5.41, 5.74) is 3.91. The number of carbonyl (C=O) groups excluding carboxylic acids is 1. The van der Waals surface area contributed by atoms with Crippen molar-refractivity contribution in [1.29, 1.82) is 0 Å². The Morgan fingerprint density at radius 1 is 1.12 bits per heavy atom. The maximum atomic E-state index is 13.5. The summed E-state index contributed by atoms with van der Waals surface area (Å²) in [6, 6.07) is 14.8. The smallest absolute Gasteiger partial charge is 0.225 e. The van der Waals surface area contributed by atoms with E-state index in [1.54, 1.807) is 18.5 Å². The lowest BCUT2D eigenvalue weighted by atomic mass is 9.97. The van der Waals surface area contributed by atoms with Crippen LogP contribution in [0.25, 0.3) is 11.1 Å². The van der Waals surface area contributed by atoms with Crippen LogP contribution < -0.4 is 10.2 Å². The minimum absolute atomic E-state index is 0.0685. The van der Waals surface area contributed by atoms with Crippen molar-refractivity contribution in [3.63, 3.8) is 0 Å². The lowest BCUT2D eigenvalue weighted by Crippen LogP contribution is -2.43. The molecule has 0 radical (unpaired) electrons. The summed E-state index contributed by atoms with van der Waals surface area (Å²) >= 11 is 0. The Morgan fingerprint density at radius 2 is 1.88 bits per heavy atom. The Balaban J connectivity index is 1.35. The Morgan fingerprint density at radius 3 is 2.56 bits per heavy atom. The van der Waals surface area contributed by atoms with Gasteiger partial charge in [-0.25, -0.2) is 14.4 Å². The van der Waals surface area contributed by atoms with Gasteiger partial charge in [-0.15, -0.1) is 0 Å². The summed E-state index contributed by atoms with van der Waals surface area (Å²) in [6.45, 7) is 6.29. The molecule has 1 amide bonds. The van der Waals surface area contributed by atoms with Gasteiger partial charge in [0.15, 0.2) is 0 Å². The number of nitrogens with zero attached hydrogens (tertiary/aromatic N) is 3. The van der Waals surface area contributed by atoms with E-state index in [1.807, 2.05) is 6.07 Å². The molecular formula is C26H29FN4O. The number of carbonyl (C=O) groups is 1. The van der Waals surface area contributed by atoms with Crippen LogP contribution in [0.1, 0.15) is 43.7 Å². The van der Waals surface area contributed by atoms with Gasteiger partial charge in [0.05, 0.1) is 5.92 Å². The molecule has 1 fully saturated rings. The highest BCUT2D eigenvalue weighted by Gasteiger charge is 2.27. The van der Waals surface area contributed by atoms with E-state index in [0.29, 0.717) is 25.0 Å². The SMILES string of the molecule is CC(C)c1ccc(CNC(=O)[C@H]2CCCN(c3ncc(-c4cccc(F)c4)cn3)C2)cc1. The standard InChI is InChI=1S/C26H29FN4O/c1-18(2)20-10-8-19(9-11-20)14-28-25(32)22-6-4-12-31(17-22)26-29-15-23(16-30-26)21-5-3-7-24(27)13-21/h3,5,7-11,13,15-16,18,22H,4,6,12,14,17H2,1-2H3,(H,28,32)/t22-/m0/s1. The molecule has 0 spiro atoms. The summed E-state index contributed by atoms with van der Waals surface area (Å²) in [5, 5.41) is 3.08. The van der Waals surface area contributed by atoms with Gasteiger partial charge in [-0.2, -0.15) is 0 Å². The van der Waals surface area contributed by atoms with Crippen LogP contribution in [0.5, 0.6) is 0 Å². The fourth-order valence-corrected chi connectivity index (χ4v) is 4.03. The lowest BCUT2D eigenvalue weighted by Gasteiger charge is -2.32. The van der Waals surface area contributed by atoms with Gasteiger partial charge in [0, 0.05) is 37.6 Å². The van der Waals surface area contributed by atoms with Crippen LogP contribution in [0.15, 0.2) is 60.9 Å². The van der Waals surface area contributed by atoms with Crippen LogP contribution in [-0.4, -0.2) is 29.0 Å². The molecule has 3 aromatic rings. The predicted octanol–water partition coefficient (Wildman–Crippen LogP) is 4.94. The first-order valence-corrected chi connectivity index (χ1v) is 11.2. The zero-order chi connectivity index (χ0) is 22.5. The molecule has 1 saturated heterocycles. The third-order valence-electron chi connectivity index (χ3n) is 5.98. The van der Waals surface area contributed by atoms with Gasteiger partial charge < -0.3 is 10.2 Å². The Bertz CT molecular complexity index is 1050. The highest BCUT2D eigenvalue weighted by molar-refractivity contribution is 5.79. The minimum atomic E-state index is -0.285. The lowest BCUT2D eigenvalue weighted by molar-refractivity contribution is -0.125. The van der Waals surface area contributed by atoms with E-state index < -0.39 is 0 Å². The molecule has 6 heteroatoms. The molecule has 0 unspecified atom stereocenters. The van der Waals surface area contributed by atoms with E-state index in [2.05, 4.69) is 58.3 Å². The molecule has 2 heterocycles. The van der Waals surface area contributed by atoms with Gasteiger partial charge in [-0.05, 0) is 47.6 Å². The number of anilines is 1. The number of aromatic nitrogens is 2. The zero-order valence-corrected chi connectivity index (χ0v) is 18.6. The number of piperidine rings is 1. The number of hydrogen-bond acceptors (Lipinski definition) is 4. The van der Waals surface area contributed by atoms with Crippen LogP contribution in [0.4, 0.5) is 10.3 Å². The molecule has 4 rings (SSSR count). The average molecular weight is 433 g/mol. The molecule has 5 nitrogen and oxygen atoms in total. The van der Waals surface area contributed by atoms with E-state index >= 15 is 0 Å². The van der Waals surface area contributed by atoms with Gasteiger partial charge in [-0.1, -0.05) is 50.2 Å². The van der Waals surface area contributed by atoms with Crippen LogP contribution >= 0.6 is 0 Å². The number of nitrogens with one attached hydrogen (secondary N) is 1. The van der Waals surface area contributed by atoms with Crippen molar-refractivity contribution in [1.82, 2.24) is 15.3 Å². The van der Waals surface area contributed by atoms with Crippen molar-refractivity contribution in [3.05, 3.63) is 77.9 Å². The van der Waals surface area contributed by atoms with Crippen LogP contribution in [0.3, 0.4) is 0 Å². The number of benzene rings is 2. The summed E-state index contributed by atoms with van der Waals surface area (Å²) in [4.78, 5) is 23.8. The first-order chi connectivity index (χ1) is 15.5. The van der Waals surface area contributed by atoms with E-state index in [0.717, 1.165) is 36.1 Å². The van der Waals surface area contributed by atoms with Gasteiger partial charge in [0.1, 0.15) is 5.82 Å². The fraction of sp³-hybridized carbons (Fsp3) is 0.346.